The van der Waals surface area contributed by atoms with Gasteiger partial charge in [0.05, 0.1) is 10.9 Å². The predicted octanol–water partition coefficient (Wildman–Crippen LogP) is 2.81. The first kappa shape index (κ1) is 19.8. The first-order valence-corrected chi connectivity index (χ1v) is 10.8. The van der Waals surface area contributed by atoms with Crippen LogP contribution in [0.15, 0.2) is 42.5 Å². The Bertz CT molecular complexity index is 1050. The van der Waals surface area contributed by atoms with Crippen molar-refractivity contribution in [3.05, 3.63) is 59.2 Å². The molecule has 2 amide bonds. The van der Waals surface area contributed by atoms with Gasteiger partial charge in [-0.25, -0.2) is 0 Å². The van der Waals surface area contributed by atoms with Crippen LogP contribution in [0.1, 0.15) is 16.7 Å². The normalized spacial score (nSPS) is 18.6. The summed E-state index contributed by atoms with van der Waals surface area (Å²) in [6.45, 7) is 0.997. The molecule has 8 nitrogen and oxygen atoms in total. The van der Waals surface area contributed by atoms with Gasteiger partial charge in [0.1, 0.15) is 19.0 Å². The lowest BCUT2D eigenvalue weighted by atomic mass is 10.1. The van der Waals surface area contributed by atoms with E-state index in [4.69, 9.17) is 19.0 Å². The molecule has 0 bridgehead atoms. The Hall–Kier alpha value is -3.17. The average Bonchev–Trinajstić information content (AvgIpc) is 3.46. The molecule has 0 aromatic heterocycles. The number of carbonyl (C=O) groups excluding carboxylic acids is 2. The van der Waals surface area contributed by atoms with Crippen LogP contribution in [0.3, 0.4) is 0 Å². The van der Waals surface area contributed by atoms with Crippen molar-refractivity contribution in [2.45, 2.75) is 18.1 Å². The molecule has 0 spiro atoms. The number of hydrogen-bond acceptors (Lipinski definition) is 8. The summed E-state index contributed by atoms with van der Waals surface area (Å²) < 4.78 is 16.6. The zero-order chi connectivity index (χ0) is 21.2. The topological polar surface area (TPSA) is 95.1 Å². The maximum atomic E-state index is 11.7. The van der Waals surface area contributed by atoms with Crippen molar-refractivity contribution in [2.24, 2.45) is 0 Å². The fourth-order valence-electron chi connectivity index (χ4n) is 3.62. The molecule has 1 fully saturated rings. The maximum Gasteiger partial charge on any atom is 0.286 e. The Morgan fingerprint density at radius 1 is 1.10 bits per heavy atom. The van der Waals surface area contributed by atoms with Crippen LogP contribution in [-0.4, -0.2) is 36.4 Å². The maximum absolute atomic E-state index is 11.7. The standard InChI is InChI=1S/C22H20N2O6S/c25-21-20(31-22(26)23-21)9-13-1-4-15(5-2-13)27-7-8-30-24-17-6-3-14-10-18-19(11-16(14)17)29-12-28-18/h1-2,4-6,10-11,20,24H,3,7-9,12H2,(H,23,25,26). The quantitative estimate of drug-likeness (QED) is 0.478. The smallest absolute Gasteiger partial charge is 0.286 e. The van der Waals surface area contributed by atoms with Crippen LogP contribution in [0.5, 0.6) is 17.2 Å². The molecule has 9 heteroatoms. The summed E-state index contributed by atoms with van der Waals surface area (Å²) in [6.07, 6.45) is 3.39. The fraction of sp³-hybridized carbons (Fsp3) is 0.273. The lowest BCUT2D eigenvalue weighted by molar-refractivity contribution is -0.118. The summed E-state index contributed by atoms with van der Waals surface area (Å²) in [5, 5.41) is 1.65. The third kappa shape index (κ3) is 4.33. The van der Waals surface area contributed by atoms with Gasteiger partial charge in [0.25, 0.3) is 5.24 Å². The summed E-state index contributed by atoms with van der Waals surface area (Å²) in [7, 11) is 0. The van der Waals surface area contributed by atoms with Gasteiger partial charge in [-0.3, -0.25) is 25.2 Å². The second kappa shape index (κ2) is 8.52. The number of hydroxylamine groups is 1. The van der Waals surface area contributed by atoms with Gasteiger partial charge in [-0.15, -0.1) is 0 Å². The highest BCUT2D eigenvalue weighted by molar-refractivity contribution is 8.15. The largest absolute Gasteiger partial charge is 0.491 e. The van der Waals surface area contributed by atoms with Gasteiger partial charge >= 0.3 is 0 Å². The number of allylic oxidation sites excluding steroid dienone is 1. The number of nitrogens with one attached hydrogen (secondary N) is 2. The van der Waals surface area contributed by atoms with E-state index in [9.17, 15) is 9.59 Å². The van der Waals surface area contributed by atoms with Gasteiger partial charge in [-0.05, 0) is 48.2 Å². The molecule has 1 atom stereocenters. The number of ether oxygens (including phenoxy) is 3. The second-order valence-corrected chi connectivity index (χ2v) is 8.39. The van der Waals surface area contributed by atoms with E-state index in [-0.39, 0.29) is 23.2 Å². The van der Waals surface area contributed by atoms with Crippen LogP contribution in [0.4, 0.5) is 4.79 Å². The van der Waals surface area contributed by atoms with Crippen LogP contribution in [0.2, 0.25) is 0 Å². The molecule has 1 aliphatic carbocycles. The van der Waals surface area contributed by atoms with Crippen LogP contribution >= 0.6 is 11.8 Å². The Balaban J connectivity index is 1.05. The average molecular weight is 440 g/mol. The summed E-state index contributed by atoms with van der Waals surface area (Å²) >= 11 is 1.03. The van der Waals surface area contributed by atoms with Crippen molar-refractivity contribution in [2.75, 3.05) is 20.0 Å². The van der Waals surface area contributed by atoms with Gasteiger partial charge in [-0.2, -0.15) is 0 Å². The van der Waals surface area contributed by atoms with Gasteiger partial charge in [-0.1, -0.05) is 30.0 Å². The van der Waals surface area contributed by atoms with Crippen LogP contribution in [-0.2, 0) is 22.5 Å². The number of amides is 2. The summed E-state index contributed by atoms with van der Waals surface area (Å²) in [5.74, 6) is 2.02. The second-order valence-electron chi connectivity index (χ2n) is 7.21. The summed E-state index contributed by atoms with van der Waals surface area (Å²) in [5.41, 5.74) is 7.09. The minimum atomic E-state index is -0.367. The van der Waals surface area contributed by atoms with E-state index < -0.39 is 0 Å². The Morgan fingerprint density at radius 2 is 1.90 bits per heavy atom. The molecule has 31 heavy (non-hydrogen) atoms. The Morgan fingerprint density at radius 3 is 2.68 bits per heavy atom. The molecule has 1 unspecified atom stereocenters. The highest BCUT2D eigenvalue weighted by Crippen LogP contribution is 2.39. The molecular formula is C22H20N2O6S. The number of thioether (sulfide) groups is 1. The number of benzene rings is 2. The number of rotatable bonds is 8. The number of fused-ring (bicyclic) bond motifs is 2. The molecule has 3 aliphatic rings. The minimum Gasteiger partial charge on any atom is -0.491 e. The SMILES string of the molecule is O=C1NC(=O)C(Cc2ccc(OCCONC3=CCc4cc5c(cc43)OCO5)cc2)S1. The van der Waals surface area contributed by atoms with Crippen molar-refractivity contribution in [1.82, 2.24) is 10.8 Å². The lowest BCUT2D eigenvalue weighted by Gasteiger charge is -2.12. The molecular weight excluding hydrogens is 420 g/mol. The van der Waals surface area contributed by atoms with E-state index in [2.05, 4.69) is 16.9 Å². The van der Waals surface area contributed by atoms with E-state index in [1.54, 1.807) is 0 Å². The monoisotopic (exact) mass is 440 g/mol. The van der Waals surface area contributed by atoms with E-state index in [0.29, 0.717) is 25.4 Å². The molecule has 5 rings (SSSR count). The first-order valence-electron chi connectivity index (χ1n) is 9.90. The summed E-state index contributed by atoms with van der Waals surface area (Å²) in [6, 6.07) is 11.5. The van der Waals surface area contributed by atoms with Crippen LogP contribution < -0.4 is 25.0 Å². The molecule has 2 aliphatic heterocycles. The number of carbonyl (C=O) groups is 2. The van der Waals surface area contributed by atoms with Crippen molar-refractivity contribution >= 4 is 28.6 Å². The minimum absolute atomic E-state index is 0.231. The highest BCUT2D eigenvalue weighted by atomic mass is 32.2. The molecule has 2 heterocycles. The fourth-order valence-corrected chi connectivity index (χ4v) is 4.48. The van der Waals surface area contributed by atoms with E-state index in [0.717, 1.165) is 46.5 Å². The van der Waals surface area contributed by atoms with E-state index >= 15 is 0 Å². The molecule has 2 aromatic rings. The van der Waals surface area contributed by atoms with Crippen molar-refractivity contribution in [1.29, 1.82) is 0 Å². The van der Waals surface area contributed by atoms with Gasteiger partial charge in [0.15, 0.2) is 11.5 Å². The van der Waals surface area contributed by atoms with Gasteiger partial charge in [0, 0.05) is 5.56 Å². The van der Waals surface area contributed by atoms with Crippen molar-refractivity contribution < 1.29 is 28.6 Å². The third-order valence-corrected chi connectivity index (χ3v) is 6.14. The van der Waals surface area contributed by atoms with E-state index in [1.807, 2.05) is 36.4 Å². The lowest BCUT2D eigenvalue weighted by Crippen LogP contribution is -2.25. The van der Waals surface area contributed by atoms with Crippen molar-refractivity contribution in [3.8, 4) is 17.2 Å². The zero-order valence-electron chi connectivity index (χ0n) is 16.5. The Labute approximate surface area is 182 Å². The van der Waals surface area contributed by atoms with Gasteiger partial charge < -0.3 is 14.2 Å². The molecule has 2 aromatic carbocycles. The van der Waals surface area contributed by atoms with E-state index in [1.165, 1.54) is 5.56 Å². The first-order chi connectivity index (χ1) is 15.2. The molecule has 0 radical (unpaired) electrons. The van der Waals surface area contributed by atoms with Crippen LogP contribution in [0.25, 0.3) is 5.70 Å². The zero-order valence-corrected chi connectivity index (χ0v) is 17.3. The molecule has 2 N–H and O–H groups in total. The molecule has 160 valence electrons. The third-order valence-electron chi connectivity index (χ3n) is 5.16. The van der Waals surface area contributed by atoms with Gasteiger partial charge in [0.2, 0.25) is 12.7 Å². The molecule has 0 saturated carbocycles. The van der Waals surface area contributed by atoms with Crippen LogP contribution in [0, 0.1) is 0 Å². The van der Waals surface area contributed by atoms with Crippen molar-refractivity contribution in [3.63, 3.8) is 0 Å². The predicted molar refractivity (Wildman–Crippen MR) is 114 cm³/mol. The highest BCUT2D eigenvalue weighted by Gasteiger charge is 2.31. The Kier molecular flexibility index (Phi) is 5.44. The summed E-state index contributed by atoms with van der Waals surface area (Å²) in [4.78, 5) is 28.5. The number of imide groups is 1. The molecule has 1 saturated heterocycles. The number of hydrogen-bond donors (Lipinski definition) is 2.